The molecule has 0 spiro atoms. The lowest BCUT2D eigenvalue weighted by Crippen LogP contribution is -2.36. The molecule has 2 N–H and O–H groups in total. The molecule has 4 nitrogen and oxygen atoms in total. The average molecular weight is 269 g/mol. The second kappa shape index (κ2) is 4.51. The molecule has 0 amide bonds. The van der Waals surface area contributed by atoms with Crippen LogP contribution in [0.2, 0.25) is 0 Å². The third-order valence-corrected chi connectivity index (χ3v) is 4.61. The summed E-state index contributed by atoms with van der Waals surface area (Å²) in [5, 5.41) is 1.05. The highest BCUT2D eigenvalue weighted by Gasteiger charge is 2.31. The van der Waals surface area contributed by atoms with Crippen molar-refractivity contribution < 1.29 is 4.74 Å². The summed E-state index contributed by atoms with van der Waals surface area (Å²) >= 11 is 6.75. The molecular formula is C11H15N3OS2. The summed E-state index contributed by atoms with van der Waals surface area (Å²) in [6.07, 6.45) is 2.45. The van der Waals surface area contributed by atoms with Gasteiger partial charge in [-0.25, -0.2) is 4.98 Å². The van der Waals surface area contributed by atoms with Crippen molar-refractivity contribution in [2.24, 2.45) is 5.73 Å². The Morgan fingerprint density at radius 2 is 2.12 bits per heavy atom. The smallest absolute Gasteiger partial charge is 0.186 e. The minimum atomic E-state index is 0.490. The van der Waals surface area contributed by atoms with Crippen molar-refractivity contribution in [1.29, 1.82) is 0 Å². The van der Waals surface area contributed by atoms with E-state index in [1.807, 2.05) is 0 Å². The topological polar surface area (TPSA) is 51.4 Å². The lowest BCUT2D eigenvalue weighted by molar-refractivity contribution is 0.122. The molecule has 0 atom stereocenters. The van der Waals surface area contributed by atoms with Crippen LogP contribution >= 0.6 is 23.6 Å². The third kappa shape index (κ3) is 2.29. The molecule has 1 aliphatic heterocycles. The Kier molecular flexibility index (Phi) is 3.02. The van der Waals surface area contributed by atoms with Gasteiger partial charge in [0.2, 0.25) is 0 Å². The van der Waals surface area contributed by atoms with Crippen LogP contribution < -0.4 is 10.6 Å². The molecule has 2 heterocycles. The maximum absolute atomic E-state index is 5.78. The molecule has 0 radical (unpaired) electrons. The second-order valence-corrected chi connectivity index (χ2v) is 5.87. The Morgan fingerprint density at radius 3 is 2.71 bits per heavy atom. The predicted molar refractivity (Wildman–Crippen MR) is 73.0 cm³/mol. The van der Waals surface area contributed by atoms with Crippen molar-refractivity contribution in [3.63, 3.8) is 0 Å². The minimum Gasteiger partial charge on any atom is -0.389 e. The highest BCUT2D eigenvalue weighted by atomic mass is 32.1. The van der Waals surface area contributed by atoms with Crippen LogP contribution in [0.3, 0.4) is 0 Å². The molecule has 0 unspecified atom stereocenters. The Bertz CT molecular complexity index is 436. The summed E-state index contributed by atoms with van der Waals surface area (Å²) in [7, 11) is 0. The summed E-state index contributed by atoms with van der Waals surface area (Å²) in [5.41, 5.74) is 6.91. The standard InChI is InChI=1S/C11H15N3OS2/c12-10(16)9-8(7-1-2-7)13-11(17-9)14-3-5-15-6-4-14/h7H,1-6H2,(H2,12,16). The first-order chi connectivity index (χ1) is 8.25. The largest absolute Gasteiger partial charge is 0.389 e. The van der Waals surface area contributed by atoms with E-state index in [2.05, 4.69) is 4.90 Å². The Morgan fingerprint density at radius 1 is 1.41 bits per heavy atom. The van der Waals surface area contributed by atoms with E-state index in [0.717, 1.165) is 42.0 Å². The molecule has 3 rings (SSSR count). The Labute approximate surface area is 110 Å². The fourth-order valence-corrected chi connectivity index (χ4v) is 3.31. The van der Waals surface area contributed by atoms with Gasteiger partial charge in [-0.1, -0.05) is 23.6 Å². The molecule has 1 aromatic heterocycles. The number of anilines is 1. The van der Waals surface area contributed by atoms with E-state index < -0.39 is 0 Å². The Balaban J connectivity index is 1.89. The lowest BCUT2D eigenvalue weighted by Gasteiger charge is -2.26. The first-order valence-corrected chi connectivity index (χ1v) is 7.11. The number of hydrogen-bond acceptors (Lipinski definition) is 5. The summed E-state index contributed by atoms with van der Waals surface area (Å²) in [6.45, 7) is 3.38. The molecule has 1 saturated carbocycles. The quantitative estimate of drug-likeness (QED) is 0.843. The highest BCUT2D eigenvalue weighted by Crippen LogP contribution is 2.44. The van der Waals surface area contributed by atoms with Gasteiger partial charge >= 0.3 is 0 Å². The number of morpholine rings is 1. The fraction of sp³-hybridized carbons (Fsp3) is 0.636. The molecule has 0 bridgehead atoms. The summed E-state index contributed by atoms with van der Waals surface area (Å²) < 4.78 is 5.35. The van der Waals surface area contributed by atoms with Crippen molar-refractivity contribution in [3.05, 3.63) is 10.6 Å². The maximum atomic E-state index is 5.78. The summed E-state index contributed by atoms with van der Waals surface area (Å²) in [5.74, 6) is 0.595. The van der Waals surface area contributed by atoms with Gasteiger partial charge in [-0.3, -0.25) is 0 Å². The minimum absolute atomic E-state index is 0.490. The first-order valence-electron chi connectivity index (χ1n) is 5.89. The van der Waals surface area contributed by atoms with Crippen molar-refractivity contribution >= 4 is 33.7 Å². The van der Waals surface area contributed by atoms with Gasteiger partial charge < -0.3 is 15.4 Å². The summed E-state index contributed by atoms with van der Waals surface area (Å²) in [6, 6.07) is 0. The summed E-state index contributed by atoms with van der Waals surface area (Å²) in [4.78, 5) is 8.51. The molecule has 0 aromatic carbocycles. The van der Waals surface area contributed by atoms with Gasteiger partial charge in [-0.15, -0.1) is 0 Å². The van der Waals surface area contributed by atoms with Gasteiger partial charge in [0.25, 0.3) is 0 Å². The second-order valence-electron chi connectivity index (χ2n) is 4.45. The zero-order valence-electron chi connectivity index (χ0n) is 9.52. The van der Waals surface area contributed by atoms with E-state index in [0.29, 0.717) is 10.9 Å². The fourth-order valence-electron chi connectivity index (χ4n) is 2.02. The number of thiocarbonyl (C=S) groups is 1. The van der Waals surface area contributed by atoms with Crippen LogP contribution in [-0.4, -0.2) is 36.3 Å². The normalized spacial score (nSPS) is 20.6. The number of thiazole rings is 1. The third-order valence-electron chi connectivity index (χ3n) is 3.11. The number of nitrogens with zero attached hydrogens (tertiary/aromatic N) is 2. The van der Waals surface area contributed by atoms with E-state index in [4.69, 9.17) is 27.7 Å². The van der Waals surface area contributed by atoms with E-state index in [1.165, 1.54) is 12.8 Å². The molecule has 2 aliphatic rings. The zero-order valence-corrected chi connectivity index (χ0v) is 11.1. The molecule has 17 heavy (non-hydrogen) atoms. The molecule has 1 aromatic rings. The van der Waals surface area contributed by atoms with Crippen LogP contribution in [0.5, 0.6) is 0 Å². The molecular weight excluding hydrogens is 254 g/mol. The number of aromatic nitrogens is 1. The van der Waals surface area contributed by atoms with E-state index >= 15 is 0 Å². The monoisotopic (exact) mass is 269 g/mol. The molecule has 1 saturated heterocycles. The number of rotatable bonds is 3. The van der Waals surface area contributed by atoms with Crippen LogP contribution in [0.25, 0.3) is 0 Å². The van der Waals surface area contributed by atoms with E-state index in [-0.39, 0.29) is 0 Å². The lowest BCUT2D eigenvalue weighted by atomic mass is 10.2. The molecule has 92 valence electrons. The van der Waals surface area contributed by atoms with E-state index in [1.54, 1.807) is 11.3 Å². The Hall–Kier alpha value is -0.720. The number of hydrogen-bond donors (Lipinski definition) is 1. The van der Waals surface area contributed by atoms with Crippen LogP contribution in [0.1, 0.15) is 29.3 Å². The number of ether oxygens (including phenoxy) is 1. The van der Waals surface area contributed by atoms with Gasteiger partial charge in [-0.05, 0) is 12.8 Å². The van der Waals surface area contributed by atoms with Crippen LogP contribution in [0, 0.1) is 0 Å². The van der Waals surface area contributed by atoms with Crippen LogP contribution in [0.15, 0.2) is 0 Å². The van der Waals surface area contributed by atoms with Gasteiger partial charge in [0, 0.05) is 19.0 Å². The average Bonchev–Trinajstić information content (AvgIpc) is 3.09. The highest BCUT2D eigenvalue weighted by molar-refractivity contribution is 7.81. The van der Waals surface area contributed by atoms with Crippen LogP contribution in [0.4, 0.5) is 5.13 Å². The van der Waals surface area contributed by atoms with Crippen molar-refractivity contribution in [1.82, 2.24) is 4.98 Å². The molecule has 2 fully saturated rings. The molecule has 1 aliphatic carbocycles. The van der Waals surface area contributed by atoms with E-state index in [9.17, 15) is 0 Å². The predicted octanol–water partition coefficient (Wildman–Crippen LogP) is 1.49. The van der Waals surface area contributed by atoms with Crippen molar-refractivity contribution in [3.8, 4) is 0 Å². The van der Waals surface area contributed by atoms with Crippen molar-refractivity contribution in [2.45, 2.75) is 18.8 Å². The van der Waals surface area contributed by atoms with Crippen LogP contribution in [-0.2, 0) is 4.74 Å². The van der Waals surface area contributed by atoms with Gasteiger partial charge in [0.1, 0.15) is 4.99 Å². The van der Waals surface area contributed by atoms with Gasteiger partial charge in [0.15, 0.2) is 5.13 Å². The zero-order chi connectivity index (χ0) is 11.8. The first kappa shape index (κ1) is 11.4. The number of nitrogens with two attached hydrogens (primary N) is 1. The van der Waals surface area contributed by atoms with Gasteiger partial charge in [0.05, 0.1) is 23.8 Å². The van der Waals surface area contributed by atoms with Gasteiger partial charge in [-0.2, -0.15) is 0 Å². The molecule has 6 heteroatoms. The maximum Gasteiger partial charge on any atom is 0.186 e. The van der Waals surface area contributed by atoms with Crippen molar-refractivity contribution in [2.75, 3.05) is 31.2 Å². The SMILES string of the molecule is NC(=S)c1sc(N2CCOCC2)nc1C1CC1.